The number of para-hydroxylation sites is 1. The largest absolute Gasteiger partial charge is 0.324 e. The minimum atomic E-state index is -0.174. The van der Waals surface area contributed by atoms with Crippen LogP contribution in [0, 0.1) is 0 Å². The van der Waals surface area contributed by atoms with Crippen molar-refractivity contribution in [3.05, 3.63) is 29.8 Å². The normalized spacial score (nSPS) is 20.7. The first-order valence-electron chi connectivity index (χ1n) is 8.10. The second-order valence-corrected chi connectivity index (χ2v) is 6.02. The molecule has 2 heterocycles. The van der Waals surface area contributed by atoms with Gasteiger partial charge in [0.1, 0.15) is 0 Å². The number of nitrogens with zero attached hydrogens (tertiary/aromatic N) is 1. The summed E-state index contributed by atoms with van der Waals surface area (Å²) >= 11 is 0. The van der Waals surface area contributed by atoms with Gasteiger partial charge in [-0.05, 0) is 31.0 Å². The van der Waals surface area contributed by atoms with Gasteiger partial charge in [0.15, 0.2) is 0 Å². The van der Waals surface area contributed by atoms with Crippen LogP contribution in [0.5, 0.6) is 0 Å². The lowest BCUT2D eigenvalue weighted by Crippen LogP contribution is -2.43. The van der Waals surface area contributed by atoms with Gasteiger partial charge < -0.3 is 10.6 Å². The van der Waals surface area contributed by atoms with Gasteiger partial charge in [0.05, 0.1) is 12.6 Å². The zero-order valence-corrected chi connectivity index (χ0v) is 14.2. The number of nitrogens with one attached hydrogen (secondary N) is 2. The lowest BCUT2D eigenvalue weighted by atomic mass is 10.0. The van der Waals surface area contributed by atoms with E-state index >= 15 is 0 Å². The highest BCUT2D eigenvalue weighted by Crippen LogP contribution is 2.22. The minimum Gasteiger partial charge on any atom is -0.324 e. The molecule has 0 bridgehead atoms. The number of anilines is 1. The Morgan fingerprint density at radius 1 is 1.17 bits per heavy atom. The molecular weight excluding hydrogens is 330 g/mol. The second-order valence-electron chi connectivity index (χ2n) is 6.02. The van der Waals surface area contributed by atoms with Crippen LogP contribution >= 0.6 is 12.4 Å². The summed E-state index contributed by atoms with van der Waals surface area (Å²) in [4.78, 5) is 37.2. The van der Waals surface area contributed by atoms with E-state index in [-0.39, 0.29) is 55.6 Å². The summed E-state index contributed by atoms with van der Waals surface area (Å²) in [5, 5.41) is 6.15. The SMILES string of the molecule is Cl.O=C(Nc1ccccc1CN1C(=O)CCC1=O)C1CCCCN1. The topological polar surface area (TPSA) is 78.5 Å². The molecule has 1 aromatic carbocycles. The summed E-state index contributed by atoms with van der Waals surface area (Å²) in [6, 6.07) is 7.15. The van der Waals surface area contributed by atoms with Crippen LogP contribution in [-0.4, -0.2) is 35.2 Å². The molecule has 0 aliphatic carbocycles. The Labute approximate surface area is 147 Å². The van der Waals surface area contributed by atoms with Crippen molar-refractivity contribution >= 4 is 35.8 Å². The Kier molecular flexibility index (Phi) is 6.34. The molecular formula is C17H22ClN3O3. The number of carbonyl (C=O) groups is 3. The van der Waals surface area contributed by atoms with Gasteiger partial charge in [0.25, 0.3) is 0 Å². The summed E-state index contributed by atoms with van der Waals surface area (Å²) < 4.78 is 0. The smallest absolute Gasteiger partial charge is 0.241 e. The Morgan fingerprint density at radius 2 is 1.88 bits per heavy atom. The maximum atomic E-state index is 12.4. The number of rotatable bonds is 4. The molecule has 2 aliphatic heterocycles. The molecule has 0 spiro atoms. The average Bonchev–Trinajstić information content (AvgIpc) is 2.89. The van der Waals surface area contributed by atoms with Crippen molar-refractivity contribution in [1.82, 2.24) is 10.2 Å². The summed E-state index contributed by atoms with van der Waals surface area (Å²) in [5.74, 6) is -0.355. The fourth-order valence-corrected chi connectivity index (χ4v) is 3.05. The summed E-state index contributed by atoms with van der Waals surface area (Å²) in [6.45, 7) is 1.07. The van der Waals surface area contributed by atoms with Crippen molar-refractivity contribution in [1.29, 1.82) is 0 Å². The molecule has 1 unspecified atom stereocenters. The van der Waals surface area contributed by atoms with Crippen LogP contribution in [0.2, 0.25) is 0 Å². The summed E-state index contributed by atoms with van der Waals surface area (Å²) in [5.41, 5.74) is 1.44. The third kappa shape index (κ3) is 4.13. The molecule has 2 N–H and O–H groups in total. The van der Waals surface area contributed by atoms with Crippen molar-refractivity contribution < 1.29 is 14.4 Å². The van der Waals surface area contributed by atoms with Gasteiger partial charge in [0, 0.05) is 18.5 Å². The van der Waals surface area contributed by atoms with Gasteiger partial charge in [-0.15, -0.1) is 12.4 Å². The number of carbonyl (C=O) groups excluding carboxylic acids is 3. The van der Waals surface area contributed by atoms with E-state index in [2.05, 4.69) is 10.6 Å². The monoisotopic (exact) mass is 351 g/mol. The molecule has 2 aliphatic rings. The first kappa shape index (κ1) is 18.4. The van der Waals surface area contributed by atoms with Crippen LogP contribution in [0.3, 0.4) is 0 Å². The van der Waals surface area contributed by atoms with E-state index in [1.54, 1.807) is 6.07 Å². The van der Waals surface area contributed by atoms with Gasteiger partial charge in [0.2, 0.25) is 17.7 Å². The number of benzene rings is 1. The average molecular weight is 352 g/mol. The minimum absolute atomic E-state index is 0. The Balaban J connectivity index is 0.00000208. The third-order valence-electron chi connectivity index (χ3n) is 4.39. The molecule has 2 saturated heterocycles. The molecule has 0 saturated carbocycles. The van der Waals surface area contributed by atoms with Crippen LogP contribution < -0.4 is 10.6 Å². The molecule has 3 amide bonds. The van der Waals surface area contributed by atoms with Crippen molar-refractivity contribution in [2.45, 2.75) is 44.7 Å². The number of piperidine rings is 1. The Hall–Kier alpha value is -1.92. The summed E-state index contributed by atoms with van der Waals surface area (Å²) in [7, 11) is 0. The van der Waals surface area contributed by atoms with E-state index < -0.39 is 0 Å². The standard InChI is InChI=1S/C17H21N3O3.ClH/c21-15-8-9-16(22)20(15)11-12-5-1-2-6-13(12)19-17(23)14-7-3-4-10-18-14;/h1-2,5-6,14,18H,3-4,7-11H2,(H,19,23);1H. The number of imide groups is 1. The van der Waals surface area contributed by atoms with E-state index in [9.17, 15) is 14.4 Å². The Bertz CT molecular complexity index is 613. The molecule has 2 fully saturated rings. The molecule has 130 valence electrons. The highest BCUT2D eigenvalue weighted by atomic mass is 35.5. The summed E-state index contributed by atoms with van der Waals surface area (Å²) in [6.07, 6.45) is 3.53. The molecule has 24 heavy (non-hydrogen) atoms. The number of halogens is 1. The van der Waals surface area contributed by atoms with Crippen LogP contribution in [0.15, 0.2) is 24.3 Å². The fraction of sp³-hybridized carbons (Fsp3) is 0.471. The molecule has 3 rings (SSSR count). The van der Waals surface area contributed by atoms with E-state index in [0.717, 1.165) is 31.4 Å². The number of hydrogen-bond donors (Lipinski definition) is 2. The van der Waals surface area contributed by atoms with Gasteiger partial charge >= 0.3 is 0 Å². The predicted molar refractivity (Wildman–Crippen MR) is 92.8 cm³/mol. The van der Waals surface area contributed by atoms with Crippen LogP contribution in [-0.2, 0) is 20.9 Å². The maximum absolute atomic E-state index is 12.4. The number of hydrogen-bond acceptors (Lipinski definition) is 4. The van der Waals surface area contributed by atoms with E-state index in [4.69, 9.17) is 0 Å². The van der Waals surface area contributed by atoms with Crippen molar-refractivity contribution in [2.75, 3.05) is 11.9 Å². The molecule has 7 heteroatoms. The molecule has 1 aromatic rings. The lowest BCUT2D eigenvalue weighted by Gasteiger charge is -2.23. The first-order chi connectivity index (χ1) is 11.1. The fourth-order valence-electron chi connectivity index (χ4n) is 3.05. The van der Waals surface area contributed by atoms with E-state index in [0.29, 0.717) is 5.69 Å². The first-order valence-corrected chi connectivity index (χ1v) is 8.10. The highest BCUT2D eigenvalue weighted by Gasteiger charge is 2.29. The van der Waals surface area contributed by atoms with Crippen molar-refractivity contribution in [3.8, 4) is 0 Å². The van der Waals surface area contributed by atoms with E-state index in [1.165, 1.54) is 4.90 Å². The van der Waals surface area contributed by atoms with Crippen LogP contribution in [0.25, 0.3) is 0 Å². The van der Waals surface area contributed by atoms with Crippen molar-refractivity contribution in [3.63, 3.8) is 0 Å². The quantitative estimate of drug-likeness (QED) is 0.811. The number of likely N-dealkylation sites (tertiary alicyclic amines) is 1. The van der Waals surface area contributed by atoms with Gasteiger partial charge in [-0.2, -0.15) is 0 Å². The second kappa shape index (κ2) is 8.26. The van der Waals surface area contributed by atoms with E-state index in [1.807, 2.05) is 18.2 Å². The van der Waals surface area contributed by atoms with Gasteiger partial charge in [-0.25, -0.2) is 0 Å². The van der Waals surface area contributed by atoms with Gasteiger partial charge in [-0.3, -0.25) is 19.3 Å². The zero-order chi connectivity index (χ0) is 16.2. The lowest BCUT2D eigenvalue weighted by molar-refractivity contribution is -0.139. The highest BCUT2D eigenvalue weighted by molar-refractivity contribution is 6.02. The molecule has 1 atom stereocenters. The molecule has 0 aromatic heterocycles. The molecule has 0 radical (unpaired) electrons. The van der Waals surface area contributed by atoms with Crippen LogP contribution in [0.1, 0.15) is 37.7 Å². The predicted octanol–water partition coefficient (Wildman–Crippen LogP) is 1.84. The van der Waals surface area contributed by atoms with Gasteiger partial charge in [-0.1, -0.05) is 24.6 Å². The third-order valence-corrected chi connectivity index (χ3v) is 4.39. The zero-order valence-electron chi connectivity index (χ0n) is 13.4. The molecule has 6 nitrogen and oxygen atoms in total. The van der Waals surface area contributed by atoms with Crippen molar-refractivity contribution in [2.24, 2.45) is 0 Å². The number of amides is 3. The van der Waals surface area contributed by atoms with Crippen LogP contribution in [0.4, 0.5) is 5.69 Å². The Morgan fingerprint density at radius 3 is 2.54 bits per heavy atom. The maximum Gasteiger partial charge on any atom is 0.241 e.